The van der Waals surface area contributed by atoms with Gasteiger partial charge in [-0.3, -0.25) is 19.3 Å². The molecule has 3 amide bonds. The number of imide groups is 1. The molecular weight excluding hydrogens is 430 g/mol. The average molecular weight is 464 g/mol. The summed E-state index contributed by atoms with van der Waals surface area (Å²) in [5.41, 5.74) is 4.80. The van der Waals surface area contributed by atoms with Crippen molar-refractivity contribution in [3.63, 3.8) is 0 Å². The smallest absolute Gasteiger partial charge is 0.278 e. The van der Waals surface area contributed by atoms with E-state index in [2.05, 4.69) is 17.6 Å². The van der Waals surface area contributed by atoms with Crippen LogP contribution in [0, 0.1) is 13.8 Å². The number of nitrogens with zero attached hydrogens (tertiary/aromatic N) is 1. The van der Waals surface area contributed by atoms with E-state index in [1.54, 1.807) is 24.3 Å². The highest BCUT2D eigenvalue weighted by molar-refractivity contribution is 6.36. The highest BCUT2D eigenvalue weighted by atomic mass is 16.5. The number of carbonyl (C=O) groups is 3. The Balaban J connectivity index is 1.85. The van der Waals surface area contributed by atoms with Gasteiger partial charge < -0.3 is 15.4 Å². The third-order valence-electron chi connectivity index (χ3n) is 5.75. The Morgan fingerprint density at radius 3 is 2.24 bits per heavy atom. The van der Waals surface area contributed by atoms with Crippen molar-refractivity contribution in [1.82, 2.24) is 4.90 Å². The van der Waals surface area contributed by atoms with Gasteiger partial charge in [0.15, 0.2) is 0 Å². The Morgan fingerprint density at radius 1 is 0.912 bits per heavy atom. The maximum Gasteiger partial charge on any atom is 0.278 e. The first-order valence-corrected chi connectivity index (χ1v) is 11.7. The summed E-state index contributed by atoms with van der Waals surface area (Å²) < 4.78 is 5.60. The van der Waals surface area contributed by atoms with Crippen molar-refractivity contribution in [1.29, 1.82) is 0 Å². The largest absolute Gasteiger partial charge is 0.381 e. The summed E-state index contributed by atoms with van der Waals surface area (Å²) in [6, 6.07) is 12.8. The van der Waals surface area contributed by atoms with Crippen LogP contribution in [0.3, 0.4) is 0 Å². The molecule has 7 nitrogen and oxygen atoms in total. The van der Waals surface area contributed by atoms with Gasteiger partial charge >= 0.3 is 0 Å². The molecule has 0 atom stereocenters. The highest BCUT2D eigenvalue weighted by Gasteiger charge is 2.39. The number of benzene rings is 2. The fourth-order valence-electron chi connectivity index (χ4n) is 3.72. The normalized spacial score (nSPS) is 13.6. The van der Waals surface area contributed by atoms with E-state index in [1.165, 1.54) is 11.8 Å². The summed E-state index contributed by atoms with van der Waals surface area (Å²) in [5.74, 6) is -0.816. The number of rotatable bonds is 11. The lowest BCUT2D eigenvalue weighted by atomic mass is 9.99. The standard InChI is InChI=1S/C27H33N3O4/c1-5-6-15-34-16-7-14-30-26(32)24(21-9-8-18(2)19(3)17-21)25(27(30)33)29-23-12-10-22(11-13-23)28-20(4)31/h8-13,17,29H,5-7,14-16H2,1-4H3,(H,28,31). The van der Waals surface area contributed by atoms with Crippen molar-refractivity contribution in [3.05, 3.63) is 64.9 Å². The number of amides is 3. The van der Waals surface area contributed by atoms with E-state index in [-0.39, 0.29) is 23.4 Å². The predicted octanol–water partition coefficient (Wildman–Crippen LogP) is 4.66. The van der Waals surface area contributed by atoms with Crippen LogP contribution >= 0.6 is 0 Å². The Labute approximate surface area is 201 Å². The lowest BCUT2D eigenvalue weighted by molar-refractivity contribution is -0.137. The van der Waals surface area contributed by atoms with Gasteiger partial charge in [0, 0.05) is 38.1 Å². The van der Waals surface area contributed by atoms with Crippen LogP contribution in [-0.4, -0.2) is 42.4 Å². The average Bonchev–Trinajstić information content (AvgIpc) is 3.03. The lowest BCUT2D eigenvalue weighted by Gasteiger charge is -2.15. The van der Waals surface area contributed by atoms with Crippen LogP contribution in [0.15, 0.2) is 48.2 Å². The second kappa shape index (κ2) is 11.6. The first kappa shape index (κ1) is 25.2. The minimum atomic E-state index is -0.349. The number of ether oxygens (including phenoxy) is 1. The maximum absolute atomic E-state index is 13.4. The maximum atomic E-state index is 13.4. The molecule has 2 aromatic carbocycles. The Kier molecular flexibility index (Phi) is 8.60. The first-order valence-electron chi connectivity index (χ1n) is 11.7. The number of anilines is 2. The van der Waals surface area contributed by atoms with Gasteiger partial charge in [0.05, 0.1) is 5.57 Å². The van der Waals surface area contributed by atoms with E-state index in [9.17, 15) is 14.4 Å². The molecule has 0 unspecified atom stereocenters. The number of aryl methyl sites for hydroxylation is 2. The Hall–Kier alpha value is -3.45. The van der Waals surface area contributed by atoms with Crippen molar-refractivity contribution in [2.45, 2.75) is 47.0 Å². The summed E-state index contributed by atoms with van der Waals surface area (Å²) >= 11 is 0. The quantitative estimate of drug-likeness (QED) is 0.374. The number of unbranched alkanes of at least 4 members (excludes halogenated alkanes) is 1. The summed E-state index contributed by atoms with van der Waals surface area (Å²) in [5, 5.41) is 5.87. The van der Waals surface area contributed by atoms with Gasteiger partial charge in [-0.15, -0.1) is 0 Å². The molecule has 1 heterocycles. The molecule has 2 N–H and O–H groups in total. The molecule has 0 spiro atoms. The summed E-state index contributed by atoms with van der Waals surface area (Å²) in [6.07, 6.45) is 2.64. The number of hydrogen-bond acceptors (Lipinski definition) is 5. The van der Waals surface area contributed by atoms with Gasteiger partial charge in [-0.2, -0.15) is 0 Å². The molecule has 0 radical (unpaired) electrons. The summed E-state index contributed by atoms with van der Waals surface area (Å²) in [7, 11) is 0. The molecular formula is C27H33N3O4. The molecule has 0 saturated heterocycles. The van der Waals surface area contributed by atoms with Gasteiger partial charge in [-0.1, -0.05) is 31.5 Å². The summed E-state index contributed by atoms with van der Waals surface area (Å²) in [6.45, 7) is 9.03. The van der Waals surface area contributed by atoms with Gasteiger partial charge in [0.2, 0.25) is 5.91 Å². The highest BCUT2D eigenvalue weighted by Crippen LogP contribution is 2.31. The fourth-order valence-corrected chi connectivity index (χ4v) is 3.72. The van der Waals surface area contributed by atoms with Crippen molar-refractivity contribution < 1.29 is 19.1 Å². The molecule has 2 aromatic rings. The van der Waals surface area contributed by atoms with E-state index in [4.69, 9.17) is 4.74 Å². The zero-order valence-electron chi connectivity index (χ0n) is 20.4. The third-order valence-corrected chi connectivity index (χ3v) is 5.75. The number of hydrogen-bond donors (Lipinski definition) is 2. The van der Waals surface area contributed by atoms with E-state index >= 15 is 0 Å². The Bertz CT molecular complexity index is 1090. The van der Waals surface area contributed by atoms with Crippen molar-refractivity contribution in [3.8, 4) is 0 Å². The molecule has 180 valence electrons. The second-order valence-electron chi connectivity index (χ2n) is 8.51. The molecule has 0 aliphatic carbocycles. The molecule has 3 rings (SSSR count). The van der Waals surface area contributed by atoms with Crippen molar-refractivity contribution in [2.24, 2.45) is 0 Å². The van der Waals surface area contributed by atoms with Gasteiger partial charge in [0.1, 0.15) is 5.70 Å². The molecule has 0 bridgehead atoms. The zero-order chi connectivity index (χ0) is 24.7. The fraction of sp³-hybridized carbons (Fsp3) is 0.370. The molecule has 0 aromatic heterocycles. The summed E-state index contributed by atoms with van der Waals surface area (Å²) in [4.78, 5) is 39.3. The Morgan fingerprint density at radius 2 is 1.59 bits per heavy atom. The van der Waals surface area contributed by atoms with E-state index in [0.29, 0.717) is 48.7 Å². The first-order chi connectivity index (χ1) is 16.3. The molecule has 1 aliphatic rings. The minimum Gasteiger partial charge on any atom is -0.381 e. The molecule has 34 heavy (non-hydrogen) atoms. The van der Waals surface area contributed by atoms with E-state index in [1.807, 2.05) is 32.0 Å². The third kappa shape index (κ3) is 6.11. The minimum absolute atomic E-state index is 0.161. The monoisotopic (exact) mass is 463 g/mol. The van der Waals surface area contributed by atoms with Gasteiger partial charge in [-0.25, -0.2) is 0 Å². The van der Waals surface area contributed by atoms with Crippen LogP contribution < -0.4 is 10.6 Å². The van der Waals surface area contributed by atoms with Crippen molar-refractivity contribution >= 4 is 34.7 Å². The van der Waals surface area contributed by atoms with E-state index in [0.717, 1.165) is 24.0 Å². The van der Waals surface area contributed by atoms with E-state index < -0.39 is 0 Å². The molecule has 1 aliphatic heterocycles. The predicted molar refractivity (Wildman–Crippen MR) is 134 cm³/mol. The van der Waals surface area contributed by atoms with Gasteiger partial charge in [0.25, 0.3) is 11.8 Å². The SMILES string of the molecule is CCCCOCCCN1C(=O)C(Nc2ccc(NC(C)=O)cc2)=C(c2ccc(C)c(C)c2)C1=O. The number of nitrogens with one attached hydrogen (secondary N) is 2. The van der Waals surface area contributed by atoms with Crippen LogP contribution in [0.1, 0.15) is 49.8 Å². The lowest BCUT2D eigenvalue weighted by Crippen LogP contribution is -2.34. The molecule has 7 heteroatoms. The molecule has 0 saturated carbocycles. The number of carbonyl (C=O) groups excluding carboxylic acids is 3. The second-order valence-corrected chi connectivity index (χ2v) is 8.51. The van der Waals surface area contributed by atoms with Crippen LogP contribution in [0.5, 0.6) is 0 Å². The van der Waals surface area contributed by atoms with Crippen LogP contribution in [0.25, 0.3) is 5.57 Å². The van der Waals surface area contributed by atoms with Crippen LogP contribution in [-0.2, 0) is 19.1 Å². The topological polar surface area (TPSA) is 87.7 Å². The van der Waals surface area contributed by atoms with Gasteiger partial charge in [-0.05, 0) is 67.6 Å². The van der Waals surface area contributed by atoms with Crippen molar-refractivity contribution in [2.75, 3.05) is 30.4 Å². The zero-order valence-corrected chi connectivity index (χ0v) is 20.4. The van der Waals surface area contributed by atoms with Crippen LogP contribution in [0.4, 0.5) is 11.4 Å². The molecule has 0 fully saturated rings. The van der Waals surface area contributed by atoms with Crippen LogP contribution in [0.2, 0.25) is 0 Å².